The molecule has 0 bridgehead atoms. The van der Waals surface area contributed by atoms with Crippen LogP contribution >= 0.6 is 0 Å². The Morgan fingerprint density at radius 1 is 0.862 bits per heavy atom. The Kier molecular flexibility index (Phi) is 6.95. The SMILES string of the molecule is CC(=O)Nc1cccc(NC(=O)c2cc(NCCCc3ccccc3)ccn2)c1. The Morgan fingerprint density at radius 3 is 2.38 bits per heavy atom. The minimum Gasteiger partial charge on any atom is -0.385 e. The Labute approximate surface area is 170 Å². The summed E-state index contributed by atoms with van der Waals surface area (Å²) in [5.41, 5.74) is 3.69. The zero-order chi connectivity index (χ0) is 20.5. The summed E-state index contributed by atoms with van der Waals surface area (Å²) in [6.07, 6.45) is 3.60. The van der Waals surface area contributed by atoms with Gasteiger partial charge in [-0.1, -0.05) is 36.4 Å². The molecule has 0 atom stereocenters. The van der Waals surface area contributed by atoms with Crippen LogP contribution in [0.4, 0.5) is 17.1 Å². The van der Waals surface area contributed by atoms with Gasteiger partial charge in [0.05, 0.1) is 0 Å². The average Bonchev–Trinajstić information content (AvgIpc) is 2.72. The maximum absolute atomic E-state index is 12.5. The summed E-state index contributed by atoms with van der Waals surface area (Å²) in [6.45, 7) is 2.24. The lowest BCUT2D eigenvalue weighted by atomic mass is 10.1. The number of nitrogens with one attached hydrogen (secondary N) is 3. The lowest BCUT2D eigenvalue weighted by Gasteiger charge is -2.10. The van der Waals surface area contributed by atoms with Crippen molar-refractivity contribution in [2.75, 3.05) is 22.5 Å². The van der Waals surface area contributed by atoms with E-state index in [1.165, 1.54) is 12.5 Å². The summed E-state index contributed by atoms with van der Waals surface area (Å²) in [7, 11) is 0. The molecular formula is C23H24N4O2. The van der Waals surface area contributed by atoms with Gasteiger partial charge < -0.3 is 16.0 Å². The molecule has 0 saturated heterocycles. The van der Waals surface area contributed by atoms with E-state index in [2.05, 4.69) is 33.1 Å². The molecule has 0 aliphatic rings. The first-order valence-electron chi connectivity index (χ1n) is 9.53. The van der Waals surface area contributed by atoms with Crippen LogP contribution in [0.25, 0.3) is 0 Å². The van der Waals surface area contributed by atoms with Gasteiger partial charge in [-0.05, 0) is 48.7 Å². The molecule has 0 saturated carbocycles. The Bertz CT molecular complexity index is 973. The third-order valence-electron chi connectivity index (χ3n) is 4.25. The molecule has 2 amide bonds. The van der Waals surface area contributed by atoms with Crippen molar-refractivity contribution < 1.29 is 9.59 Å². The van der Waals surface area contributed by atoms with Gasteiger partial charge in [0, 0.05) is 36.7 Å². The first kappa shape index (κ1) is 20.1. The number of nitrogens with zero attached hydrogens (tertiary/aromatic N) is 1. The second-order valence-corrected chi connectivity index (χ2v) is 6.66. The van der Waals surface area contributed by atoms with Crippen molar-refractivity contribution in [1.29, 1.82) is 0 Å². The summed E-state index contributed by atoms with van der Waals surface area (Å²) < 4.78 is 0. The van der Waals surface area contributed by atoms with E-state index >= 15 is 0 Å². The predicted molar refractivity (Wildman–Crippen MR) is 116 cm³/mol. The normalized spacial score (nSPS) is 10.2. The molecule has 1 aromatic heterocycles. The molecule has 148 valence electrons. The highest BCUT2D eigenvalue weighted by Crippen LogP contribution is 2.16. The Balaban J connectivity index is 1.54. The molecule has 0 unspecified atom stereocenters. The lowest BCUT2D eigenvalue weighted by Crippen LogP contribution is -2.14. The summed E-state index contributed by atoms with van der Waals surface area (Å²) in [5.74, 6) is -0.473. The van der Waals surface area contributed by atoms with Crippen LogP contribution in [0.3, 0.4) is 0 Å². The summed E-state index contributed by atoms with van der Waals surface area (Å²) >= 11 is 0. The number of benzene rings is 2. The fourth-order valence-corrected chi connectivity index (χ4v) is 2.91. The first-order chi connectivity index (χ1) is 14.1. The highest BCUT2D eigenvalue weighted by atomic mass is 16.2. The van der Waals surface area contributed by atoms with Crippen molar-refractivity contribution in [3.63, 3.8) is 0 Å². The topological polar surface area (TPSA) is 83.1 Å². The zero-order valence-electron chi connectivity index (χ0n) is 16.3. The second kappa shape index (κ2) is 10.0. The molecule has 3 rings (SSSR count). The molecule has 3 N–H and O–H groups in total. The maximum atomic E-state index is 12.5. The van der Waals surface area contributed by atoms with Crippen molar-refractivity contribution in [3.05, 3.63) is 84.2 Å². The average molecular weight is 388 g/mol. The number of rotatable bonds is 8. The van der Waals surface area contributed by atoms with Crippen LogP contribution in [0.15, 0.2) is 72.9 Å². The molecule has 1 heterocycles. The van der Waals surface area contributed by atoms with Crippen molar-refractivity contribution in [2.24, 2.45) is 0 Å². The standard InChI is InChI=1S/C23H24N4O2/c1-17(28)26-20-10-5-11-21(15-20)27-23(29)22-16-19(12-14-25-22)24-13-6-9-18-7-3-2-4-8-18/h2-5,7-8,10-12,14-16H,6,9,13H2,1H3,(H,24,25)(H,26,28)(H,27,29). The zero-order valence-corrected chi connectivity index (χ0v) is 16.3. The van der Waals surface area contributed by atoms with E-state index in [-0.39, 0.29) is 11.8 Å². The smallest absolute Gasteiger partial charge is 0.274 e. The number of hydrogen-bond acceptors (Lipinski definition) is 4. The number of pyridine rings is 1. The number of anilines is 3. The minimum absolute atomic E-state index is 0.166. The maximum Gasteiger partial charge on any atom is 0.274 e. The number of carbonyl (C=O) groups is 2. The minimum atomic E-state index is -0.307. The lowest BCUT2D eigenvalue weighted by molar-refractivity contribution is -0.114. The summed E-state index contributed by atoms with van der Waals surface area (Å²) in [5, 5.41) is 8.84. The van der Waals surface area contributed by atoms with E-state index in [9.17, 15) is 9.59 Å². The third-order valence-corrected chi connectivity index (χ3v) is 4.25. The van der Waals surface area contributed by atoms with Crippen LogP contribution in [0.1, 0.15) is 29.4 Å². The second-order valence-electron chi connectivity index (χ2n) is 6.66. The van der Waals surface area contributed by atoms with E-state index in [0.29, 0.717) is 17.1 Å². The molecular weight excluding hydrogens is 364 g/mol. The number of aryl methyl sites for hydroxylation is 1. The highest BCUT2D eigenvalue weighted by Gasteiger charge is 2.09. The van der Waals surface area contributed by atoms with Crippen molar-refractivity contribution in [3.8, 4) is 0 Å². The van der Waals surface area contributed by atoms with Gasteiger partial charge in [-0.25, -0.2) is 0 Å². The monoisotopic (exact) mass is 388 g/mol. The first-order valence-corrected chi connectivity index (χ1v) is 9.53. The predicted octanol–water partition coefficient (Wildman–Crippen LogP) is 4.34. The van der Waals surface area contributed by atoms with Crippen molar-refractivity contribution in [2.45, 2.75) is 19.8 Å². The van der Waals surface area contributed by atoms with Gasteiger partial charge in [0.1, 0.15) is 5.69 Å². The van der Waals surface area contributed by atoms with E-state index in [0.717, 1.165) is 25.1 Å². The van der Waals surface area contributed by atoms with E-state index < -0.39 is 0 Å². The van der Waals surface area contributed by atoms with Gasteiger partial charge >= 0.3 is 0 Å². The molecule has 3 aromatic rings. The van der Waals surface area contributed by atoms with Crippen LogP contribution in [0, 0.1) is 0 Å². The molecule has 6 heteroatoms. The molecule has 29 heavy (non-hydrogen) atoms. The van der Waals surface area contributed by atoms with Gasteiger partial charge in [-0.2, -0.15) is 0 Å². The molecule has 0 spiro atoms. The largest absolute Gasteiger partial charge is 0.385 e. The van der Waals surface area contributed by atoms with E-state index in [1.54, 1.807) is 36.5 Å². The fraction of sp³-hybridized carbons (Fsp3) is 0.174. The third kappa shape index (κ3) is 6.46. The van der Waals surface area contributed by atoms with E-state index in [1.807, 2.05) is 24.3 Å². The van der Waals surface area contributed by atoms with Crippen LogP contribution in [-0.4, -0.2) is 23.3 Å². The molecule has 0 aliphatic carbocycles. The van der Waals surface area contributed by atoms with Gasteiger partial charge in [0.25, 0.3) is 5.91 Å². The number of hydrogen-bond donors (Lipinski definition) is 3. The van der Waals surface area contributed by atoms with Gasteiger partial charge in [-0.15, -0.1) is 0 Å². The fourth-order valence-electron chi connectivity index (χ4n) is 2.91. The number of aromatic nitrogens is 1. The quantitative estimate of drug-likeness (QED) is 0.501. The summed E-state index contributed by atoms with van der Waals surface area (Å²) in [4.78, 5) is 27.9. The van der Waals surface area contributed by atoms with Crippen LogP contribution in [-0.2, 0) is 11.2 Å². The molecule has 0 aliphatic heterocycles. The van der Waals surface area contributed by atoms with Crippen molar-refractivity contribution >= 4 is 28.9 Å². The molecule has 0 radical (unpaired) electrons. The van der Waals surface area contributed by atoms with Gasteiger partial charge in [0.15, 0.2) is 0 Å². The van der Waals surface area contributed by atoms with Crippen molar-refractivity contribution in [1.82, 2.24) is 4.98 Å². The van der Waals surface area contributed by atoms with Crippen LogP contribution in [0.5, 0.6) is 0 Å². The number of amides is 2. The molecule has 0 fully saturated rings. The Hall–Kier alpha value is -3.67. The molecule has 6 nitrogen and oxygen atoms in total. The number of carbonyl (C=O) groups excluding carboxylic acids is 2. The van der Waals surface area contributed by atoms with Crippen LogP contribution in [0.2, 0.25) is 0 Å². The van der Waals surface area contributed by atoms with E-state index in [4.69, 9.17) is 0 Å². The van der Waals surface area contributed by atoms with Crippen LogP contribution < -0.4 is 16.0 Å². The molecule has 2 aromatic carbocycles. The summed E-state index contributed by atoms with van der Waals surface area (Å²) in [6, 6.07) is 20.9. The highest BCUT2D eigenvalue weighted by molar-refractivity contribution is 6.03. The Morgan fingerprint density at radius 2 is 1.62 bits per heavy atom. The van der Waals surface area contributed by atoms with Gasteiger partial charge in [0.2, 0.25) is 5.91 Å². The van der Waals surface area contributed by atoms with Gasteiger partial charge in [-0.3, -0.25) is 14.6 Å².